The van der Waals surface area contributed by atoms with Crippen LogP contribution >= 0.6 is 0 Å². The number of halogens is 2. The predicted octanol–water partition coefficient (Wildman–Crippen LogP) is 9.51. The van der Waals surface area contributed by atoms with E-state index in [9.17, 15) is 8.78 Å². The summed E-state index contributed by atoms with van der Waals surface area (Å²) in [4.78, 5) is 0. The number of fused-ring (bicyclic) bond motifs is 1. The Morgan fingerprint density at radius 2 is 1.56 bits per heavy atom. The number of rotatable bonds is 7. The zero-order chi connectivity index (χ0) is 22.5. The lowest BCUT2D eigenvalue weighted by Crippen LogP contribution is -2.25. The summed E-state index contributed by atoms with van der Waals surface area (Å²) in [5.41, 5.74) is 1.68. The van der Waals surface area contributed by atoms with Crippen molar-refractivity contribution in [3.63, 3.8) is 0 Å². The molecule has 2 aromatic carbocycles. The Morgan fingerprint density at radius 3 is 2.22 bits per heavy atom. The zero-order valence-electron chi connectivity index (χ0n) is 20.0. The molecule has 2 aliphatic rings. The van der Waals surface area contributed by atoms with Crippen molar-refractivity contribution < 1.29 is 8.78 Å². The summed E-state index contributed by atoms with van der Waals surface area (Å²) >= 11 is 0. The molecule has 0 heterocycles. The van der Waals surface area contributed by atoms with Crippen LogP contribution < -0.4 is 0 Å². The third-order valence-electron chi connectivity index (χ3n) is 8.43. The van der Waals surface area contributed by atoms with Gasteiger partial charge in [-0.25, -0.2) is 8.78 Å². The first kappa shape index (κ1) is 23.5. The van der Waals surface area contributed by atoms with E-state index in [1.165, 1.54) is 69.8 Å². The average molecular weight is 439 g/mol. The number of hydrogen-bond acceptors (Lipinski definition) is 0. The number of aryl methyl sites for hydroxylation is 1. The summed E-state index contributed by atoms with van der Waals surface area (Å²) in [6.45, 7) is 4.26. The number of benzene rings is 2. The summed E-state index contributed by atoms with van der Waals surface area (Å²) in [5, 5.41) is 1.27. The summed E-state index contributed by atoms with van der Waals surface area (Å²) in [6, 6.07) is 7.95. The largest absolute Gasteiger partial charge is 0.203 e. The minimum absolute atomic E-state index is 0.450. The van der Waals surface area contributed by atoms with Crippen LogP contribution in [-0.2, 0) is 6.42 Å². The van der Waals surface area contributed by atoms with E-state index in [0.29, 0.717) is 23.3 Å². The van der Waals surface area contributed by atoms with Gasteiger partial charge in [0.2, 0.25) is 0 Å². The summed E-state index contributed by atoms with van der Waals surface area (Å²) in [5.74, 6) is 1.93. The second kappa shape index (κ2) is 10.9. The van der Waals surface area contributed by atoms with Gasteiger partial charge in [0.25, 0.3) is 0 Å². The Morgan fingerprint density at radius 1 is 0.875 bits per heavy atom. The highest BCUT2D eigenvalue weighted by atomic mass is 19.2. The lowest BCUT2D eigenvalue weighted by molar-refractivity contribution is 0.156. The smallest absolute Gasteiger partial charge is 0.166 e. The molecular weight excluding hydrogens is 398 g/mol. The van der Waals surface area contributed by atoms with Crippen molar-refractivity contribution in [2.75, 3.05) is 0 Å². The van der Waals surface area contributed by atoms with Crippen molar-refractivity contribution in [2.24, 2.45) is 17.8 Å². The molecule has 2 heteroatoms. The minimum Gasteiger partial charge on any atom is -0.203 e. The van der Waals surface area contributed by atoms with Crippen molar-refractivity contribution in [3.8, 4) is 0 Å². The van der Waals surface area contributed by atoms with Crippen molar-refractivity contribution in [1.29, 1.82) is 0 Å². The van der Waals surface area contributed by atoms with Crippen molar-refractivity contribution in [1.82, 2.24) is 0 Å². The first-order valence-corrected chi connectivity index (χ1v) is 13.1. The van der Waals surface area contributed by atoms with Crippen LogP contribution in [0, 0.1) is 29.4 Å². The number of allylic oxidation sites excluding steroid dienone is 2. The molecular formula is C30H40F2. The monoisotopic (exact) mass is 438 g/mol. The topological polar surface area (TPSA) is 0 Å². The highest BCUT2D eigenvalue weighted by Gasteiger charge is 2.31. The van der Waals surface area contributed by atoms with Gasteiger partial charge in [0.1, 0.15) is 0 Å². The molecule has 0 spiro atoms. The molecule has 0 amide bonds. The molecule has 2 aliphatic carbocycles. The fourth-order valence-corrected chi connectivity index (χ4v) is 6.52. The third-order valence-corrected chi connectivity index (χ3v) is 8.43. The van der Waals surface area contributed by atoms with Gasteiger partial charge in [0.15, 0.2) is 11.6 Å². The molecule has 0 radical (unpaired) electrons. The lowest BCUT2D eigenvalue weighted by atomic mass is 9.68. The van der Waals surface area contributed by atoms with Gasteiger partial charge in [0, 0.05) is 5.39 Å². The van der Waals surface area contributed by atoms with Gasteiger partial charge >= 0.3 is 0 Å². The second-order valence-electron chi connectivity index (χ2n) is 10.4. The fourth-order valence-electron chi connectivity index (χ4n) is 6.52. The van der Waals surface area contributed by atoms with Gasteiger partial charge in [-0.15, -0.1) is 0 Å². The van der Waals surface area contributed by atoms with Gasteiger partial charge < -0.3 is 0 Å². The predicted molar refractivity (Wildman–Crippen MR) is 132 cm³/mol. The lowest BCUT2D eigenvalue weighted by Gasteiger charge is -2.38. The van der Waals surface area contributed by atoms with Crippen LogP contribution in [0.5, 0.6) is 0 Å². The highest BCUT2D eigenvalue weighted by molar-refractivity contribution is 5.85. The summed E-state index contributed by atoms with van der Waals surface area (Å²) < 4.78 is 29.6. The standard InChI is InChI=1S/C30H40F2/c1-3-5-6-8-27-19-26-18-17-25(20-28(26)30(32)29(27)31)24-15-13-23(14-16-24)22-11-9-21(7-4-2)10-12-22/h3,5,17-24H,4,6-16H2,1-2H3/b5-3+. The summed E-state index contributed by atoms with van der Waals surface area (Å²) in [7, 11) is 0. The minimum atomic E-state index is -0.669. The SMILES string of the molecule is C/C=C/CCc1cc2ccc(C3CCC(C4CCC(CCC)CC4)CC3)cc2c(F)c1F. The Balaban J connectivity index is 1.40. The van der Waals surface area contributed by atoms with E-state index in [4.69, 9.17) is 0 Å². The maximum absolute atomic E-state index is 14.9. The van der Waals surface area contributed by atoms with Gasteiger partial charge in [-0.2, -0.15) is 0 Å². The molecule has 32 heavy (non-hydrogen) atoms. The van der Waals surface area contributed by atoms with E-state index in [-0.39, 0.29) is 0 Å². The molecule has 0 bridgehead atoms. The normalized spacial score (nSPS) is 26.8. The van der Waals surface area contributed by atoms with E-state index in [0.717, 1.165) is 29.6 Å². The zero-order valence-corrected chi connectivity index (χ0v) is 20.0. The molecule has 174 valence electrons. The maximum Gasteiger partial charge on any atom is 0.166 e. The van der Waals surface area contributed by atoms with E-state index >= 15 is 0 Å². The molecule has 0 unspecified atom stereocenters. The molecule has 4 rings (SSSR count). The maximum atomic E-state index is 14.9. The van der Waals surface area contributed by atoms with Crippen LogP contribution in [-0.4, -0.2) is 0 Å². The molecule has 0 aromatic heterocycles. The molecule has 2 fully saturated rings. The fraction of sp³-hybridized carbons (Fsp3) is 0.600. The van der Waals surface area contributed by atoms with E-state index in [1.807, 2.05) is 37.3 Å². The molecule has 0 atom stereocenters. The second-order valence-corrected chi connectivity index (χ2v) is 10.4. The average Bonchev–Trinajstić information content (AvgIpc) is 2.83. The van der Waals surface area contributed by atoms with Crippen molar-refractivity contribution in [3.05, 3.63) is 59.2 Å². The Kier molecular flexibility index (Phi) is 8.02. The van der Waals surface area contributed by atoms with Crippen LogP contribution in [0.3, 0.4) is 0 Å². The highest BCUT2D eigenvalue weighted by Crippen LogP contribution is 2.45. The van der Waals surface area contributed by atoms with Crippen molar-refractivity contribution >= 4 is 10.8 Å². The van der Waals surface area contributed by atoms with Crippen LogP contribution in [0.15, 0.2) is 36.4 Å². The van der Waals surface area contributed by atoms with Gasteiger partial charge in [-0.1, -0.05) is 56.9 Å². The molecule has 0 saturated heterocycles. The van der Waals surface area contributed by atoms with Crippen LogP contribution in [0.2, 0.25) is 0 Å². The quantitative estimate of drug-likeness (QED) is 0.378. The Labute approximate surface area is 193 Å². The van der Waals surface area contributed by atoms with Gasteiger partial charge in [0.05, 0.1) is 0 Å². The molecule has 0 N–H and O–H groups in total. The molecule has 0 aliphatic heterocycles. The molecule has 2 aromatic rings. The number of hydrogen-bond donors (Lipinski definition) is 0. The van der Waals surface area contributed by atoms with Crippen LogP contribution in [0.25, 0.3) is 10.8 Å². The summed E-state index contributed by atoms with van der Waals surface area (Å²) in [6.07, 6.45) is 18.7. The van der Waals surface area contributed by atoms with Gasteiger partial charge in [-0.3, -0.25) is 0 Å². The van der Waals surface area contributed by atoms with Crippen LogP contribution in [0.1, 0.15) is 102 Å². The van der Waals surface area contributed by atoms with E-state index in [1.54, 1.807) is 0 Å². The Hall–Kier alpha value is -1.70. The molecule has 0 nitrogen and oxygen atoms in total. The van der Waals surface area contributed by atoms with Crippen LogP contribution in [0.4, 0.5) is 8.78 Å². The third kappa shape index (κ3) is 5.26. The van der Waals surface area contributed by atoms with E-state index in [2.05, 4.69) is 13.0 Å². The first-order chi connectivity index (χ1) is 15.6. The Bertz CT molecular complexity index is 912. The van der Waals surface area contributed by atoms with Gasteiger partial charge in [-0.05, 0) is 111 Å². The van der Waals surface area contributed by atoms with E-state index < -0.39 is 11.6 Å². The first-order valence-electron chi connectivity index (χ1n) is 13.1. The van der Waals surface area contributed by atoms with Crippen molar-refractivity contribution in [2.45, 2.75) is 96.8 Å². The molecule has 2 saturated carbocycles.